The zero-order valence-corrected chi connectivity index (χ0v) is 15.6. The fraction of sp³-hybridized carbons (Fsp3) is 0.286. The highest BCUT2D eigenvalue weighted by Gasteiger charge is 2.26. The number of rotatable bonds is 6. The molecule has 1 aliphatic heterocycles. The van der Waals surface area contributed by atoms with Crippen molar-refractivity contribution in [3.05, 3.63) is 78.4 Å². The summed E-state index contributed by atoms with van der Waals surface area (Å²) < 4.78 is 7.66. The van der Waals surface area contributed by atoms with E-state index in [-0.39, 0.29) is 12.0 Å². The molecule has 1 unspecified atom stereocenters. The lowest BCUT2D eigenvalue weighted by Crippen LogP contribution is -2.47. The minimum absolute atomic E-state index is 0.0167. The van der Waals surface area contributed by atoms with Crippen LogP contribution in [0.3, 0.4) is 0 Å². The van der Waals surface area contributed by atoms with Gasteiger partial charge in [-0.05, 0) is 29.8 Å². The number of benzene rings is 1. The first kappa shape index (κ1) is 18.2. The molecule has 1 saturated heterocycles. The second kappa shape index (κ2) is 8.67. The molecule has 7 heteroatoms. The summed E-state index contributed by atoms with van der Waals surface area (Å²) in [5.74, 6) is 0.0167. The van der Waals surface area contributed by atoms with Gasteiger partial charge in [-0.1, -0.05) is 18.2 Å². The van der Waals surface area contributed by atoms with Crippen LogP contribution < -0.4 is 5.32 Å². The van der Waals surface area contributed by atoms with Crippen molar-refractivity contribution in [3.63, 3.8) is 0 Å². The molecule has 0 bridgehead atoms. The molecule has 1 N–H and O–H groups in total. The van der Waals surface area contributed by atoms with E-state index < -0.39 is 0 Å². The lowest BCUT2D eigenvalue weighted by atomic mass is 10.1. The molecular formula is C21H23N5O2. The third-order valence-electron chi connectivity index (χ3n) is 4.74. The van der Waals surface area contributed by atoms with Crippen LogP contribution in [0.2, 0.25) is 0 Å². The van der Waals surface area contributed by atoms with Gasteiger partial charge in [-0.15, -0.1) is 0 Å². The van der Waals surface area contributed by atoms with Crippen LogP contribution in [0, 0.1) is 0 Å². The van der Waals surface area contributed by atoms with E-state index in [1.54, 1.807) is 12.4 Å². The number of ether oxygens (including phenoxy) is 1. The summed E-state index contributed by atoms with van der Waals surface area (Å²) in [5.41, 5.74) is 2.56. The number of nitrogens with zero attached hydrogens (tertiary/aromatic N) is 4. The van der Waals surface area contributed by atoms with Crippen LogP contribution in [0.5, 0.6) is 0 Å². The van der Waals surface area contributed by atoms with Crippen LogP contribution in [0.15, 0.2) is 67.3 Å². The Morgan fingerprint density at radius 3 is 2.93 bits per heavy atom. The summed E-state index contributed by atoms with van der Waals surface area (Å²) in [5, 5.41) is 7.59. The normalized spacial score (nSPS) is 16.7. The van der Waals surface area contributed by atoms with Gasteiger partial charge in [0.25, 0.3) is 5.91 Å². The quantitative estimate of drug-likeness (QED) is 0.714. The number of aromatic nitrogens is 3. The fourth-order valence-electron chi connectivity index (χ4n) is 3.33. The van der Waals surface area contributed by atoms with Crippen LogP contribution in [-0.2, 0) is 17.8 Å². The van der Waals surface area contributed by atoms with Crippen molar-refractivity contribution in [2.45, 2.75) is 19.2 Å². The van der Waals surface area contributed by atoms with E-state index in [1.807, 2.05) is 64.4 Å². The van der Waals surface area contributed by atoms with E-state index >= 15 is 0 Å². The van der Waals surface area contributed by atoms with Gasteiger partial charge in [0.15, 0.2) is 0 Å². The zero-order chi connectivity index (χ0) is 19.2. The first-order valence-corrected chi connectivity index (χ1v) is 9.40. The Balaban J connectivity index is 1.43. The molecular weight excluding hydrogens is 354 g/mol. The molecule has 1 amide bonds. The number of para-hydroxylation sites is 1. The van der Waals surface area contributed by atoms with Crippen LogP contribution in [-0.4, -0.2) is 51.4 Å². The first-order valence-electron chi connectivity index (χ1n) is 9.40. The standard InChI is InChI=1S/C21H23N5O2/c27-21(25-11-12-28-18(15-25)16-26-10-4-9-24-26)19-6-1-2-7-20(19)23-14-17-5-3-8-22-13-17/h1-10,13,18,23H,11-12,14-16H2. The van der Waals surface area contributed by atoms with Gasteiger partial charge in [-0.3, -0.25) is 14.5 Å². The Morgan fingerprint density at radius 1 is 1.18 bits per heavy atom. The predicted molar refractivity (Wildman–Crippen MR) is 106 cm³/mol. The van der Waals surface area contributed by atoms with Gasteiger partial charge in [0.05, 0.1) is 24.8 Å². The van der Waals surface area contributed by atoms with E-state index in [2.05, 4.69) is 15.4 Å². The van der Waals surface area contributed by atoms with Gasteiger partial charge in [0.1, 0.15) is 0 Å². The number of anilines is 1. The summed E-state index contributed by atoms with van der Waals surface area (Å²) in [7, 11) is 0. The van der Waals surface area contributed by atoms with Crippen LogP contribution >= 0.6 is 0 Å². The topological polar surface area (TPSA) is 72.3 Å². The molecule has 3 aromatic rings. The summed E-state index contributed by atoms with van der Waals surface area (Å²) in [6.45, 7) is 2.92. The summed E-state index contributed by atoms with van der Waals surface area (Å²) >= 11 is 0. The molecule has 1 aliphatic rings. The molecule has 1 aromatic carbocycles. The van der Waals surface area contributed by atoms with Gasteiger partial charge < -0.3 is 15.0 Å². The zero-order valence-electron chi connectivity index (χ0n) is 15.6. The van der Waals surface area contributed by atoms with Crippen molar-refractivity contribution in [1.82, 2.24) is 19.7 Å². The largest absolute Gasteiger partial charge is 0.380 e. The summed E-state index contributed by atoms with van der Waals surface area (Å²) in [4.78, 5) is 19.2. The summed E-state index contributed by atoms with van der Waals surface area (Å²) in [6, 6.07) is 13.4. The van der Waals surface area contributed by atoms with Crippen molar-refractivity contribution >= 4 is 11.6 Å². The number of pyridine rings is 1. The highest BCUT2D eigenvalue weighted by atomic mass is 16.5. The molecule has 0 aliphatic carbocycles. The maximum atomic E-state index is 13.2. The third kappa shape index (κ3) is 4.37. The van der Waals surface area contributed by atoms with Crippen molar-refractivity contribution < 1.29 is 9.53 Å². The Labute approximate surface area is 164 Å². The van der Waals surface area contributed by atoms with Gasteiger partial charge in [-0.25, -0.2) is 0 Å². The number of nitrogens with one attached hydrogen (secondary N) is 1. The highest BCUT2D eigenvalue weighted by Crippen LogP contribution is 2.20. The van der Waals surface area contributed by atoms with Crippen molar-refractivity contribution in [3.8, 4) is 0 Å². The molecule has 144 valence electrons. The molecule has 1 atom stereocenters. The number of hydrogen-bond acceptors (Lipinski definition) is 5. The van der Waals surface area contributed by atoms with Gasteiger partial charge in [0, 0.05) is 50.1 Å². The first-order chi connectivity index (χ1) is 13.8. The van der Waals surface area contributed by atoms with Gasteiger partial charge >= 0.3 is 0 Å². The van der Waals surface area contributed by atoms with E-state index in [1.165, 1.54) is 0 Å². The summed E-state index contributed by atoms with van der Waals surface area (Å²) in [6.07, 6.45) is 7.16. The van der Waals surface area contributed by atoms with Crippen molar-refractivity contribution in [2.24, 2.45) is 0 Å². The molecule has 4 rings (SSSR count). The highest BCUT2D eigenvalue weighted by molar-refractivity contribution is 5.99. The average molecular weight is 377 g/mol. The Bertz CT molecular complexity index is 898. The van der Waals surface area contributed by atoms with Gasteiger partial charge in [-0.2, -0.15) is 5.10 Å². The molecule has 28 heavy (non-hydrogen) atoms. The van der Waals surface area contributed by atoms with Crippen molar-refractivity contribution in [1.29, 1.82) is 0 Å². The Hall–Kier alpha value is -3.19. The molecule has 7 nitrogen and oxygen atoms in total. The minimum atomic E-state index is -0.0619. The minimum Gasteiger partial charge on any atom is -0.380 e. The van der Waals surface area contributed by atoms with Crippen molar-refractivity contribution in [2.75, 3.05) is 25.0 Å². The lowest BCUT2D eigenvalue weighted by Gasteiger charge is -2.33. The third-order valence-corrected chi connectivity index (χ3v) is 4.74. The lowest BCUT2D eigenvalue weighted by molar-refractivity contribution is -0.0299. The number of hydrogen-bond donors (Lipinski definition) is 1. The number of carbonyl (C=O) groups is 1. The average Bonchev–Trinajstić information content (AvgIpc) is 3.26. The number of amides is 1. The second-order valence-corrected chi connectivity index (χ2v) is 6.73. The molecule has 3 heterocycles. The second-order valence-electron chi connectivity index (χ2n) is 6.73. The van der Waals surface area contributed by atoms with E-state index in [0.717, 1.165) is 11.3 Å². The molecule has 2 aromatic heterocycles. The molecule has 0 radical (unpaired) electrons. The molecule has 0 spiro atoms. The number of morpholine rings is 1. The van der Waals surface area contributed by atoms with E-state index in [9.17, 15) is 4.79 Å². The SMILES string of the molecule is O=C(c1ccccc1NCc1cccnc1)N1CCOC(Cn2cccn2)C1. The van der Waals surface area contributed by atoms with Crippen LogP contribution in [0.25, 0.3) is 0 Å². The van der Waals surface area contributed by atoms with E-state index in [4.69, 9.17) is 4.74 Å². The van der Waals surface area contributed by atoms with Crippen LogP contribution in [0.1, 0.15) is 15.9 Å². The van der Waals surface area contributed by atoms with E-state index in [0.29, 0.717) is 38.3 Å². The number of carbonyl (C=O) groups excluding carboxylic acids is 1. The Kier molecular flexibility index (Phi) is 5.63. The Morgan fingerprint density at radius 2 is 2.11 bits per heavy atom. The maximum absolute atomic E-state index is 13.2. The predicted octanol–water partition coefficient (Wildman–Crippen LogP) is 2.43. The fourth-order valence-corrected chi connectivity index (χ4v) is 3.33. The van der Waals surface area contributed by atoms with Gasteiger partial charge in [0.2, 0.25) is 0 Å². The maximum Gasteiger partial charge on any atom is 0.256 e. The monoisotopic (exact) mass is 377 g/mol. The molecule has 0 saturated carbocycles. The smallest absolute Gasteiger partial charge is 0.256 e. The molecule has 1 fully saturated rings. The van der Waals surface area contributed by atoms with Crippen LogP contribution in [0.4, 0.5) is 5.69 Å².